The minimum absolute atomic E-state index is 0.0638. The second kappa shape index (κ2) is 7.25. The average molecular weight is 285 g/mol. The minimum atomic E-state index is -3.54. The molecule has 0 aromatic heterocycles. The van der Waals surface area contributed by atoms with E-state index in [9.17, 15) is 13.2 Å². The fourth-order valence-corrected chi connectivity index (χ4v) is 3.04. The van der Waals surface area contributed by atoms with Crippen LogP contribution in [-0.2, 0) is 21.2 Å². The van der Waals surface area contributed by atoms with Gasteiger partial charge in [0, 0.05) is 0 Å². The third-order valence-corrected chi connectivity index (χ3v) is 4.22. The van der Waals surface area contributed by atoms with Crippen molar-refractivity contribution >= 4 is 16.0 Å². The highest BCUT2D eigenvalue weighted by molar-refractivity contribution is 7.89. The Morgan fingerprint density at radius 3 is 2.47 bits per heavy atom. The summed E-state index contributed by atoms with van der Waals surface area (Å²) in [5, 5.41) is 8.81. The summed E-state index contributed by atoms with van der Waals surface area (Å²) in [6.07, 6.45) is 1.36. The van der Waals surface area contributed by atoms with Crippen LogP contribution in [-0.4, -0.2) is 31.3 Å². The molecule has 0 saturated carbocycles. The van der Waals surface area contributed by atoms with Crippen molar-refractivity contribution in [2.75, 3.05) is 5.75 Å². The van der Waals surface area contributed by atoms with Crippen molar-refractivity contribution in [1.29, 1.82) is 0 Å². The van der Waals surface area contributed by atoms with E-state index in [1.165, 1.54) is 0 Å². The summed E-state index contributed by atoms with van der Waals surface area (Å²) in [5.74, 6) is -1.21. The summed E-state index contributed by atoms with van der Waals surface area (Å²) >= 11 is 0. The molecular weight excluding hydrogens is 266 g/mol. The molecule has 0 bridgehead atoms. The predicted molar refractivity (Wildman–Crippen MR) is 73.4 cm³/mol. The van der Waals surface area contributed by atoms with Crippen molar-refractivity contribution in [2.45, 2.75) is 32.2 Å². The van der Waals surface area contributed by atoms with E-state index in [1.807, 2.05) is 30.3 Å². The largest absolute Gasteiger partial charge is 0.480 e. The van der Waals surface area contributed by atoms with Gasteiger partial charge in [-0.3, -0.25) is 4.79 Å². The summed E-state index contributed by atoms with van der Waals surface area (Å²) in [7, 11) is -3.54. The molecule has 19 heavy (non-hydrogen) atoms. The molecule has 0 aliphatic heterocycles. The van der Waals surface area contributed by atoms with Crippen LogP contribution >= 0.6 is 0 Å². The lowest BCUT2D eigenvalue weighted by molar-refractivity contribution is -0.139. The van der Waals surface area contributed by atoms with Crippen molar-refractivity contribution in [2.24, 2.45) is 0 Å². The normalized spacial score (nSPS) is 13.1. The number of carboxylic acids is 1. The molecule has 0 amide bonds. The van der Waals surface area contributed by atoms with E-state index in [1.54, 1.807) is 6.92 Å². The second-order valence-electron chi connectivity index (χ2n) is 4.32. The van der Waals surface area contributed by atoms with Gasteiger partial charge in [-0.15, -0.1) is 0 Å². The van der Waals surface area contributed by atoms with E-state index in [0.29, 0.717) is 12.8 Å². The first-order chi connectivity index (χ1) is 8.94. The topological polar surface area (TPSA) is 83.5 Å². The predicted octanol–water partition coefficient (Wildman–Crippen LogP) is 1.40. The molecule has 0 saturated heterocycles. The fraction of sp³-hybridized carbons (Fsp3) is 0.462. The van der Waals surface area contributed by atoms with Crippen molar-refractivity contribution in [1.82, 2.24) is 4.72 Å². The molecular formula is C13H19NO4S. The van der Waals surface area contributed by atoms with Gasteiger partial charge in [-0.25, -0.2) is 13.1 Å². The summed E-state index contributed by atoms with van der Waals surface area (Å²) in [4.78, 5) is 10.8. The van der Waals surface area contributed by atoms with Crippen LogP contribution in [0.25, 0.3) is 0 Å². The number of nitrogens with one attached hydrogen (secondary N) is 1. The van der Waals surface area contributed by atoms with E-state index in [2.05, 4.69) is 4.72 Å². The fourth-order valence-electron chi connectivity index (χ4n) is 1.70. The molecule has 0 fully saturated rings. The lowest BCUT2D eigenvalue weighted by atomic mass is 10.1. The van der Waals surface area contributed by atoms with Crippen LogP contribution in [0.1, 0.15) is 25.3 Å². The van der Waals surface area contributed by atoms with Gasteiger partial charge < -0.3 is 5.11 Å². The van der Waals surface area contributed by atoms with Crippen molar-refractivity contribution in [3.63, 3.8) is 0 Å². The van der Waals surface area contributed by atoms with Gasteiger partial charge >= 0.3 is 5.97 Å². The van der Waals surface area contributed by atoms with Gasteiger partial charge in [-0.1, -0.05) is 37.3 Å². The van der Waals surface area contributed by atoms with Crippen molar-refractivity contribution in [3.8, 4) is 0 Å². The third-order valence-electron chi connectivity index (χ3n) is 2.75. The molecule has 0 spiro atoms. The maximum atomic E-state index is 11.7. The van der Waals surface area contributed by atoms with Gasteiger partial charge in [0.05, 0.1) is 5.75 Å². The summed E-state index contributed by atoms with van der Waals surface area (Å²) in [6, 6.07) is 8.54. The molecule has 0 aliphatic carbocycles. The Labute approximate surface area is 113 Å². The molecule has 1 aromatic rings. The molecule has 5 nitrogen and oxygen atoms in total. The smallest absolute Gasteiger partial charge is 0.321 e. The average Bonchev–Trinajstić information content (AvgIpc) is 2.37. The first-order valence-electron chi connectivity index (χ1n) is 6.21. The second-order valence-corrected chi connectivity index (χ2v) is 6.20. The van der Waals surface area contributed by atoms with Gasteiger partial charge in [0.15, 0.2) is 0 Å². The third kappa shape index (κ3) is 5.85. The Balaban J connectivity index is 2.45. The van der Waals surface area contributed by atoms with Crippen LogP contribution in [0, 0.1) is 0 Å². The number of benzene rings is 1. The van der Waals surface area contributed by atoms with Crippen LogP contribution in [0.5, 0.6) is 0 Å². The Bertz CT molecular complexity index is 499. The highest BCUT2D eigenvalue weighted by Gasteiger charge is 2.21. The highest BCUT2D eigenvalue weighted by atomic mass is 32.2. The maximum absolute atomic E-state index is 11.7. The number of sulfonamides is 1. The molecule has 106 valence electrons. The standard InChI is InChI=1S/C13H19NO4S/c1-2-12(13(15)16)14-19(17,18)10-6-9-11-7-4-3-5-8-11/h3-5,7-8,12,14H,2,6,9-10H2,1H3,(H,15,16). The van der Waals surface area contributed by atoms with Gasteiger partial charge in [0.25, 0.3) is 0 Å². The van der Waals surface area contributed by atoms with Crippen LogP contribution < -0.4 is 4.72 Å². The minimum Gasteiger partial charge on any atom is -0.480 e. The van der Waals surface area contributed by atoms with Crippen LogP contribution in [0.15, 0.2) is 30.3 Å². The van der Waals surface area contributed by atoms with Crippen LogP contribution in [0.2, 0.25) is 0 Å². The molecule has 2 N–H and O–H groups in total. The maximum Gasteiger partial charge on any atom is 0.321 e. The number of hydrogen-bond acceptors (Lipinski definition) is 3. The van der Waals surface area contributed by atoms with Crippen molar-refractivity contribution < 1.29 is 18.3 Å². The zero-order chi connectivity index (χ0) is 14.3. The van der Waals surface area contributed by atoms with E-state index < -0.39 is 22.0 Å². The highest BCUT2D eigenvalue weighted by Crippen LogP contribution is 2.04. The molecule has 1 atom stereocenters. The van der Waals surface area contributed by atoms with Gasteiger partial charge in [0.1, 0.15) is 6.04 Å². The Morgan fingerprint density at radius 1 is 1.32 bits per heavy atom. The van der Waals surface area contributed by atoms with Crippen LogP contribution in [0.4, 0.5) is 0 Å². The van der Waals surface area contributed by atoms with E-state index >= 15 is 0 Å². The first-order valence-corrected chi connectivity index (χ1v) is 7.86. The van der Waals surface area contributed by atoms with E-state index in [0.717, 1.165) is 5.56 Å². The molecule has 0 radical (unpaired) electrons. The van der Waals surface area contributed by atoms with Crippen molar-refractivity contribution in [3.05, 3.63) is 35.9 Å². The molecule has 1 unspecified atom stereocenters. The molecule has 0 heterocycles. The van der Waals surface area contributed by atoms with E-state index in [-0.39, 0.29) is 12.2 Å². The monoisotopic (exact) mass is 285 g/mol. The summed E-state index contributed by atoms with van der Waals surface area (Å²) < 4.78 is 25.6. The molecule has 1 rings (SSSR count). The first kappa shape index (κ1) is 15.7. The SMILES string of the molecule is CCC(NS(=O)(=O)CCCc1ccccc1)C(=O)O. The Morgan fingerprint density at radius 2 is 1.95 bits per heavy atom. The number of hydrogen-bond donors (Lipinski definition) is 2. The number of aliphatic carboxylic acids is 1. The number of rotatable bonds is 8. The number of aryl methyl sites for hydroxylation is 1. The Kier molecular flexibility index (Phi) is 5.98. The zero-order valence-corrected chi connectivity index (χ0v) is 11.7. The zero-order valence-electron chi connectivity index (χ0n) is 10.9. The summed E-state index contributed by atoms with van der Waals surface area (Å²) in [5.41, 5.74) is 1.07. The lowest BCUT2D eigenvalue weighted by Gasteiger charge is -2.12. The molecule has 1 aromatic carbocycles. The lowest BCUT2D eigenvalue weighted by Crippen LogP contribution is -2.41. The number of carbonyl (C=O) groups is 1. The van der Waals surface area contributed by atoms with Gasteiger partial charge in [-0.05, 0) is 24.8 Å². The number of carboxylic acid groups (broad SMARTS) is 1. The van der Waals surface area contributed by atoms with E-state index in [4.69, 9.17) is 5.11 Å². The van der Waals surface area contributed by atoms with Gasteiger partial charge in [-0.2, -0.15) is 0 Å². The van der Waals surface area contributed by atoms with Crippen LogP contribution in [0.3, 0.4) is 0 Å². The quantitative estimate of drug-likeness (QED) is 0.756. The molecule has 0 aliphatic rings. The van der Waals surface area contributed by atoms with Gasteiger partial charge in [0.2, 0.25) is 10.0 Å². The molecule has 6 heteroatoms. The summed E-state index contributed by atoms with van der Waals surface area (Å²) in [6.45, 7) is 1.63. The Hall–Kier alpha value is -1.40.